The van der Waals surface area contributed by atoms with Gasteiger partial charge in [-0.3, -0.25) is 24.0 Å². The average Bonchev–Trinajstić information content (AvgIpc) is 2.95. The van der Waals surface area contributed by atoms with Gasteiger partial charge in [-0.15, -0.1) is 11.3 Å². The second kappa shape index (κ2) is 8.51. The van der Waals surface area contributed by atoms with Gasteiger partial charge in [0, 0.05) is 58.1 Å². The van der Waals surface area contributed by atoms with Crippen molar-refractivity contribution in [3.63, 3.8) is 0 Å². The molecule has 3 aromatic rings. The van der Waals surface area contributed by atoms with Crippen molar-refractivity contribution in [2.45, 2.75) is 45.7 Å². The van der Waals surface area contributed by atoms with Crippen LogP contribution in [0.15, 0.2) is 29.3 Å². The number of rotatable bonds is 3. The smallest absolute Gasteiger partial charge is 0.264 e. The maximum absolute atomic E-state index is 13.3. The molecule has 1 amide bonds. The molecule has 0 aliphatic carbocycles. The van der Waals surface area contributed by atoms with E-state index in [1.54, 1.807) is 6.20 Å². The minimum atomic E-state index is 0.0241. The van der Waals surface area contributed by atoms with E-state index in [1.807, 2.05) is 28.7 Å². The van der Waals surface area contributed by atoms with Crippen molar-refractivity contribution in [2.24, 2.45) is 0 Å². The predicted molar refractivity (Wildman–Crippen MR) is 122 cm³/mol. The monoisotopic (exact) mass is 437 g/mol. The first-order chi connectivity index (χ1) is 15.1. The molecule has 3 aromatic heterocycles. The van der Waals surface area contributed by atoms with Gasteiger partial charge in [0.25, 0.3) is 11.5 Å². The Morgan fingerprint density at radius 3 is 2.74 bits per heavy atom. The number of hydrogen-bond acceptors (Lipinski definition) is 6. The van der Waals surface area contributed by atoms with Crippen molar-refractivity contribution < 1.29 is 4.79 Å². The molecule has 0 radical (unpaired) electrons. The standard InChI is InChI=1S/C23H27N5O2S/c1-16-19-21(25-18-7-3-2-4-9-28(18)22(19)29)31-20(16)23(30)27-12-10-26(11-13-27)15-17-6-5-8-24-14-17/h5-6,8,14H,2-4,7,9-13,15H2,1H3. The Kier molecular flexibility index (Phi) is 5.58. The van der Waals surface area contributed by atoms with E-state index in [-0.39, 0.29) is 11.5 Å². The van der Waals surface area contributed by atoms with E-state index in [1.165, 1.54) is 16.9 Å². The van der Waals surface area contributed by atoms with Gasteiger partial charge in [-0.25, -0.2) is 4.98 Å². The van der Waals surface area contributed by atoms with Crippen LogP contribution < -0.4 is 5.56 Å². The molecular formula is C23H27N5O2S. The second-order valence-electron chi connectivity index (χ2n) is 8.46. The Labute approximate surface area is 185 Å². The van der Waals surface area contributed by atoms with Crippen LogP contribution in [-0.2, 0) is 19.5 Å². The highest BCUT2D eigenvalue weighted by Crippen LogP contribution is 2.29. The topological polar surface area (TPSA) is 71.3 Å². The lowest BCUT2D eigenvalue weighted by atomic mass is 10.1. The molecule has 0 aromatic carbocycles. The minimum Gasteiger partial charge on any atom is -0.335 e. The fourth-order valence-corrected chi connectivity index (χ4v) is 5.77. The fraction of sp³-hybridized carbons (Fsp3) is 0.478. The summed E-state index contributed by atoms with van der Waals surface area (Å²) in [6, 6.07) is 4.04. The summed E-state index contributed by atoms with van der Waals surface area (Å²) in [5, 5.41) is 0.634. The molecule has 0 N–H and O–H groups in total. The number of pyridine rings is 1. The Hall–Kier alpha value is -2.58. The Morgan fingerprint density at radius 2 is 1.97 bits per heavy atom. The van der Waals surface area contributed by atoms with Crippen LogP contribution in [0, 0.1) is 6.92 Å². The molecule has 162 valence electrons. The number of carbonyl (C=O) groups is 1. The van der Waals surface area contributed by atoms with Crippen LogP contribution in [0.1, 0.15) is 45.9 Å². The highest BCUT2D eigenvalue weighted by molar-refractivity contribution is 7.20. The summed E-state index contributed by atoms with van der Waals surface area (Å²) < 4.78 is 1.83. The predicted octanol–water partition coefficient (Wildman–Crippen LogP) is 2.85. The van der Waals surface area contributed by atoms with Crippen molar-refractivity contribution >= 4 is 27.5 Å². The summed E-state index contributed by atoms with van der Waals surface area (Å²) >= 11 is 1.39. The minimum absolute atomic E-state index is 0.0241. The highest BCUT2D eigenvalue weighted by atomic mass is 32.1. The maximum atomic E-state index is 13.3. The molecule has 5 rings (SSSR count). The molecule has 2 aliphatic rings. The number of aryl methyl sites for hydroxylation is 2. The number of carbonyl (C=O) groups excluding carboxylic acids is 1. The molecule has 0 unspecified atom stereocenters. The van der Waals surface area contributed by atoms with Gasteiger partial charge >= 0.3 is 0 Å². The van der Waals surface area contributed by atoms with Gasteiger partial charge in [0.05, 0.1) is 10.3 Å². The molecule has 1 fully saturated rings. The Balaban J connectivity index is 1.35. The second-order valence-corrected chi connectivity index (χ2v) is 9.46. The van der Waals surface area contributed by atoms with Crippen LogP contribution in [0.5, 0.6) is 0 Å². The van der Waals surface area contributed by atoms with E-state index in [9.17, 15) is 9.59 Å². The number of piperazine rings is 1. The summed E-state index contributed by atoms with van der Waals surface area (Å²) in [7, 11) is 0. The van der Waals surface area contributed by atoms with E-state index < -0.39 is 0 Å². The normalized spacial score (nSPS) is 17.5. The molecule has 0 atom stereocenters. The summed E-state index contributed by atoms with van der Waals surface area (Å²) in [6.45, 7) is 6.53. The number of fused-ring (bicyclic) bond motifs is 2. The van der Waals surface area contributed by atoms with Gasteiger partial charge in [-0.1, -0.05) is 12.5 Å². The Morgan fingerprint density at radius 1 is 1.13 bits per heavy atom. The zero-order valence-electron chi connectivity index (χ0n) is 17.8. The van der Waals surface area contributed by atoms with Gasteiger partial charge in [-0.2, -0.15) is 0 Å². The molecule has 31 heavy (non-hydrogen) atoms. The van der Waals surface area contributed by atoms with Crippen LogP contribution in [0.3, 0.4) is 0 Å². The van der Waals surface area contributed by atoms with Gasteiger partial charge < -0.3 is 4.90 Å². The van der Waals surface area contributed by atoms with Crippen LogP contribution in [0.4, 0.5) is 0 Å². The van der Waals surface area contributed by atoms with Crippen molar-refractivity contribution in [2.75, 3.05) is 26.2 Å². The molecule has 2 aliphatic heterocycles. The summed E-state index contributed by atoms with van der Waals surface area (Å²) in [5.74, 6) is 0.903. The van der Waals surface area contributed by atoms with Crippen LogP contribution in [0.25, 0.3) is 10.2 Å². The molecule has 0 saturated carbocycles. The quantitative estimate of drug-likeness (QED) is 0.630. The summed E-state index contributed by atoms with van der Waals surface area (Å²) in [6.07, 6.45) is 7.73. The first kappa shape index (κ1) is 20.3. The largest absolute Gasteiger partial charge is 0.335 e. The van der Waals surface area contributed by atoms with Gasteiger partial charge in [-0.05, 0) is 37.0 Å². The first-order valence-electron chi connectivity index (χ1n) is 11.0. The van der Waals surface area contributed by atoms with E-state index in [0.29, 0.717) is 28.2 Å². The van der Waals surface area contributed by atoms with Crippen molar-refractivity contribution in [3.8, 4) is 0 Å². The Bertz CT molecular complexity index is 1160. The fourth-order valence-electron chi connectivity index (χ4n) is 4.62. The number of amides is 1. The number of aromatic nitrogens is 3. The molecule has 0 bridgehead atoms. The average molecular weight is 438 g/mol. The third-order valence-corrected chi connectivity index (χ3v) is 7.57. The molecule has 1 saturated heterocycles. The molecule has 0 spiro atoms. The number of nitrogens with zero attached hydrogens (tertiary/aromatic N) is 5. The zero-order chi connectivity index (χ0) is 21.4. The number of thiophene rings is 1. The van der Waals surface area contributed by atoms with E-state index in [2.05, 4.69) is 16.0 Å². The number of hydrogen-bond donors (Lipinski definition) is 0. The van der Waals surface area contributed by atoms with E-state index in [0.717, 1.165) is 63.3 Å². The van der Waals surface area contributed by atoms with Crippen molar-refractivity contribution in [1.29, 1.82) is 0 Å². The highest BCUT2D eigenvalue weighted by Gasteiger charge is 2.27. The lowest BCUT2D eigenvalue weighted by Gasteiger charge is -2.34. The van der Waals surface area contributed by atoms with Crippen LogP contribution >= 0.6 is 11.3 Å². The van der Waals surface area contributed by atoms with Gasteiger partial charge in [0.2, 0.25) is 0 Å². The third-order valence-electron chi connectivity index (χ3n) is 6.39. The molecule has 8 heteroatoms. The SMILES string of the molecule is Cc1c(C(=O)N2CCN(Cc3cccnc3)CC2)sc2nc3n(c(=O)c12)CCCCC3. The summed E-state index contributed by atoms with van der Waals surface area (Å²) in [4.78, 5) is 41.1. The summed E-state index contributed by atoms with van der Waals surface area (Å²) in [5.41, 5.74) is 2.00. The third kappa shape index (κ3) is 3.90. The van der Waals surface area contributed by atoms with Crippen molar-refractivity contribution in [1.82, 2.24) is 24.3 Å². The van der Waals surface area contributed by atoms with Crippen molar-refractivity contribution in [3.05, 3.63) is 56.7 Å². The lowest BCUT2D eigenvalue weighted by Crippen LogP contribution is -2.48. The van der Waals surface area contributed by atoms with E-state index in [4.69, 9.17) is 4.98 Å². The maximum Gasteiger partial charge on any atom is 0.264 e. The van der Waals surface area contributed by atoms with Gasteiger partial charge in [0.1, 0.15) is 10.7 Å². The molecule has 7 nitrogen and oxygen atoms in total. The first-order valence-corrected chi connectivity index (χ1v) is 11.9. The van der Waals surface area contributed by atoms with E-state index >= 15 is 0 Å². The molecular weight excluding hydrogens is 410 g/mol. The lowest BCUT2D eigenvalue weighted by molar-refractivity contribution is 0.0632. The molecule has 5 heterocycles. The van der Waals surface area contributed by atoms with Gasteiger partial charge in [0.15, 0.2) is 0 Å². The van der Waals surface area contributed by atoms with Crippen LogP contribution in [0.2, 0.25) is 0 Å². The zero-order valence-corrected chi connectivity index (χ0v) is 18.7. The van der Waals surface area contributed by atoms with Crippen LogP contribution in [-0.4, -0.2) is 56.4 Å².